The highest BCUT2D eigenvalue weighted by Crippen LogP contribution is 2.04. The number of likely N-dealkylation sites (N-methyl/N-ethyl adjacent to an activating group) is 1. The third-order valence-electron chi connectivity index (χ3n) is 2.95. The Hall–Kier alpha value is -0.0800. The highest BCUT2D eigenvalue weighted by Gasteiger charge is 2.04. The molecule has 0 saturated heterocycles. The fraction of sp³-hybridized carbons (Fsp3) is 1.00. The Labute approximate surface area is 90.1 Å². The van der Waals surface area contributed by atoms with Crippen molar-refractivity contribution in [1.29, 1.82) is 0 Å². The van der Waals surface area contributed by atoms with Crippen LogP contribution in [0.1, 0.15) is 40.5 Å². The maximum atomic E-state index is 3.57. The molecule has 0 rings (SSSR count). The van der Waals surface area contributed by atoms with Crippen molar-refractivity contribution in [2.75, 3.05) is 26.7 Å². The molecule has 2 atom stereocenters. The van der Waals surface area contributed by atoms with E-state index < -0.39 is 0 Å². The van der Waals surface area contributed by atoms with Crippen LogP contribution in [0.2, 0.25) is 0 Å². The number of nitrogens with zero attached hydrogens (tertiary/aromatic N) is 1. The molecule has 86 valence electrons. The first-order valence-electron chi connectivity index (χ1n) is 6.02. The lowest BCUT2D eigenvalue weighted by molar-refractivity contribution is 0.306. The van der Waals surface area contributed by atoms with E-state index in [-0.39, 0.29) is 0 Å². The summed E-state index contributed by atoms with van der Waals surface area (Å²) in [4.78, 5) is 2.35. The first-order valence-corrected chi connectivity index (χ1v) is 6.02. The summed E-state index contributed by atoms with van der Waals surface area (Å²) in [5.41, 5.74) is 0. The number of rotatable bonds is 8. The van der Waals surface area contributed by atoms with Gasteiger partial charge >= 0.3 is 0 Å². The molecule has 0 aromatic heterocycles. The molecule has 0 bridgehead atoms. The van der Waals surface area contributed by atoms with Gasteiger partial charge in [0.15, 0.2) is 0 Å². The number of hydrogen-bond donors (Lipinski definition) is 1. The van der Waals surface area contributed by atoms with E-state index in [1.807, 2.05) is 0 Å². The molecule has 14 heavy (non-hydrogen) atoms. The van der Waals surface area contributed by atoms with Crippen LogP contribution >= 0.6 is 0 Å². The van der Waals surface area contributed by atoms with Crippen molar-refractivity contribution < 1.29 is 0 Å². The first-order chi connectivity index (χ1) is 6.60. The summed E-state index contributed by atoms with van der Waals surface area (Å²) < 4.78 is 0. The zero-order chi connectivity index (χ0) is 11.0. The number of nitrogens with one attached hydrogen (secondary N) is 1. The molecule has 1 N–H and O–H groups in total. The Balaban J connectivity index is 3.39. The van der Waals surface area contributed by atoms with Crippen LogP contribution in [0.25, 0.3) is 0 Å². The van der Waals surface area contributed by atoms with Gasteiger partial charge in [0.2, 0.25) is 0 Å². The molecular formula is C12H28N2. The maximum Gasteiger partial charge on any atom is 0.0166 e. The summed E-state index contributed by atoms with van der Waals surface area (Å²) in [6.07, 6.45) is 2.60. The summed E-state index contributed by atoms with van der Waals surface area (Å²) in [6, 6.07) is 0.615. The second-order valence-electron chi connectivity index (χ2n) is 4.51. The first kappa shape index (κ1) is 13.9. The Morgan fingerprint density at radius 2 is 1.86 bits per heavy atom. The van der Waals surface area contributed by atoms with Crippen molar-refractivity contribution in [3.63, 3.8) is 0 Å². The average Bonchev–Trinajstić information content (AvgIpc) is 2.17. The SMILES string of the molecule is CCC(C)CCNC(C)CN(C)CC. The monoisotopic (exact) mass is 200 g/mol. The van der Waals surface area contributed by atoms with Crippen molar-refractivity contribution in [2.24, 2.45) is 5.92 Å². The Morgan fingerprint density at radius 3 is 2.36 bits per heavy atom. The molecule has 0 fully saturated rings. The molecule has 0 saturated carbocycles. The van der Waals surface area contributed by atoms with Gasteiger partial charge in [-0.05, 0) is 39.4 Å². The van der Waals surface area contributed by atoms with E-state index in [2.05, 4.69) is 45.0 Å². The van der Waals surface area contributed by atoms with Crippen molar-refractivity contribution in [3.05, 3.63) is 0 Å². The Kier molecular flexibility index (Phi) is 8.20. The van der Waals surface area contributed by atoms with Crippen LogP contribution in [-0.2, 0) is 0 Å². The molecule has 0 heterocycles. The minimum Gasteiger partial charge on any atom is -0.313 e. The van der Waals surface area contributed by atoms with Gasteiger partial charge in [0.25, 0.3) is 0 Å². The average molecular weight is 200 g/mol. The fourth-order valence-corrected chi connectivity index (χ4v) is 1.44. The van der Waals surface area contributed by atoms with Crippen LogP contribution in [-0.4, -0.2) is 37.6 Å². The smallest absolute Gasteiger partial charge is 0.0166 e. The molecule has 2 unspecified atom stereocenters. The third-order valence-corrected chi connectivity index (χ3v) is 2.95. The van der Waals surface area contributed by atoms with Gasteiger partial charge in [-0.25, -0.2) is 0 Å². The molecule has 0 aliphatic carbocycles. The molecule has 2 nitrogen and oxygen atoms in total. The van der Waals surface area contributed by atoms with Gasteiger partial charge < -0.3 is 10.2 Å². The van der Waals surface area contributed by atoms with Crippen molar-refractivity contribution >= 4 is 0 Å². The van der Waals surface area contributed by atoms with Crippen LogP contribution in [0.3, 0.4) is 0 Å². The zero-order valence-corrected chi connectivity index (χ0v) is 10.6. The molecule has 0 aliphatic heterocycles. The van der Waals surface area contributed by atoms with E-state index in [9.17, 15) is 0 Å². The molecule has 0 aromatic carbocycles. The van der Waals surface area contributed by atoms with E-state index in [1.54, 1.807) is 0 Å². The van der Waals surface area contributed by atoms with Gasteiger partial charge in [-0.2, -0.15) is 0 Å². The lowest BCUT2D eigenvalue weighted by atomic mass is 10.1. The van der Waals surface area contributed by atoms with Crippen molar-refractivity contribution in [1.82, 2.24) is 10.2 Å². The van der Waals surface area contributed by atoms with E-state index in [0.717, 1.165) is 25.6 Å². The molecule has 0 aliphatic rings. The van der Waals surface area contributed by atoms with Crippen molar-refractivity contribution in [2.45, 2.75) is 46.6 Å². The van der Waals surface area contributed by atoms with Crippen LogP contribution in [0, 0.1) is 5.92 Å². The van der Waals surface area contributed by atoms with E-state index in [1.165, 1.54) is 12.8 Å². The van der Waals surface area contributed by atoms with Gasteiger partial charge in [-0.15, -0.1) is 0 Å². The van der Waals surface area contributed by atoms with Crippen LogP contribution in [0.4, 0.5) is 0 Å². The predicted molar refractivity (Wildman–Crippen MR) is 64.7 cm³/mol. The van der Waals surface area contributed by atoms with E-state index in [0.29, 0.717) is 6.04 Å². The minimum absolute atomic E-state index is 0.615. The normalized spacial score (nSPS) is 15.9. The van der Waals surface area contributed by atoms with Gasteiger partial charge in [-0.3, -0.25) is 0 Å². The molecule has 0 amide bonds. The van der Waals surface area contributed by atoms with Gasteiger partial charge in [0.05, 0.1) is 0 Å². The summed E-state index contributed by atoms with van der Waals surface area (Å²) in [7, 11) is 2.17. The zero-order valence-electron chi connectivity index (χ0n) is 10.6. The number of hydrogen-bond acceptors (Lipinski definition) is 2. The fourth-order valence-electron chi connectivity index (χ4n) is 1.44. The summed E-state index contributed by atoms with van der Waals surface area (Å²) in [6.45, 7) is 12.5. The Bertz CT molecular complexity index is 125. The molecule has 0 spiro atoms. The predicted octanol–water partition coefficient (Wildman–Crippen LogP) is 2.35. The largest absolute Gasteiger partial charge is 0.313 e. The van der Waals surface area contributed by atoms with E-state index in [4.69, 9.17) is 0 Å². The maximum absolute atomic E-state index is 3.57. The summed E-state index contributed by atoms with van der Waals surface area (Å²) in [5.74, 6) is 0.860. The van der Waals surface area contributed by atoms with Crippen LogP contribution in [0.15, 0.2) is 0 Å². The van der Waals surface area contributed by atoms with Crippen molar-refractivity contribution in [3.8, 4) is 0 Å². The quantitative estimate of drug-likeness (QED) is 0.647. The third kappa shape index (κ3) is 7.34. The standard InChI is InChI=1S/C12H28N2/c1-6-11(3)8-9-13-12(4)10-14(5)7-2/h11-13H,6-10H2,1-5H3. The van der Waals surface area contributed by atoms with Gasteiger partial charge in [0, 0.05) is 12.6 Å². The van der Waals surface area contributed by atoms with Crippen LogP contribution < -0.4 is 5.32 Å². The van der Waals surface area contributed by atoms with Crippen LogP contribution in [0.5, 0.6) is 0 Å². The Morgan fingerprint density at radius 1 is 1.21 bits per heavy atom. The van der Waals surface area contributed by atoms with Gasteiger partial charge in [-0.1, -0.05) is 27.2 Å². The molecule has 2 heteroatoms. The molecular weight excluding hydrogens is 172 g/mol. The van der Waals surface area contributed by atoms with E-state index >= 15 is 0 Å². The summed E-state index contributed by atoms with van der Waals surface area (Å²) in [5, 5.41) is 3.57. The summed E-state index contributed by atoms with van der Waals surface area (Å²) >= 11 is 0. The highest BCUT2D eigenvalue weighted by molar-refractivity contribution is 4.65. The minimum atomic E-state index is 0.615. The molecule has 0 radical (unpaired) electrons. The highest BCUT2D eigenvalue weighted by atomic mass is 15.1. The topological polar surface area (TPSA) is 15.3 Å². The lowest BCUT2D eigenvalue weighted by Gasteiger charge is -2.21. The van der Waals surface area contributed by atoms with Gasteiger partial charge in [0.1, 0.15) is 0 Å². The lowest BCUT2D eigenvalue weighted by Crippen LogP contribution is -2.38. The second kappa shape index (κ2) is 8.25. The molecule has 0 aromatic rings. The second-order valence-corrected chi connectivity index (χ2v) is 4.51.